The van der Waals surface area contributed by atoms with Crippen LogP contribution in [0.1, 0.15) is 10.5 Å². The lowest BCUT2D eigenvalue weighted by molar-refractivity contribution is 0.0549. The number of halogens is 2. The fourth-order valence-corrected chi connectivity index (χ4v) is 1.17. The lowest BCUT2D eigenvalue weighted by Gasteiger charge is -1.95. The van der Waals surface area contributed by atoms with Crippen molar-refractivity contribution in [2.24, 2.45) is 0 Å². The number of nitrogens with zero attached hydrogens (tertiary/aromatic N) is 1. The van der Waals surface area contributed by atoms with Crippen molar-refractivity contribution in [2.45, 2.75) is 0 Å². The molecule has 0 saturated carbocycles. The molecule has 0 aliphatic carbocycles. The average Bonchev–Trinajstić information content (AvgIpc) is 2.43. The van der Waals surface area contributed by atoms with E-state index in [0.717, 1.165) is 0 Å². The van der Waals surface area contributed by atoms with E-state index in [0.29, 0.717) is 9.63 Å². The monoisotopic (exact) mass is 262 g/mol. The van der Waals surface area contributed by atoms with Crippen LogP contribution in [0, 0.1) is 11.3 Å². The van der Waals surface area contributed by atoms with E-state index in [1.807, 2.05) is 0 Å². The Kier molecular flexibility index (Phi) is 3.34. The lowest BCUT2D eigenvalue weighted by Crippen LogP contribution is -2.05. The molecule has 13 heavy (non-hydrogen) atoms. The van der Waals surface area contributed by atoms with Crippen molar-refractivity contribution in [3.05, 3.63) is 21.4 Å². The molecule has 1 aromatic rings. The minimum atomic E-state index is -0.603. The van der Waals surface area contributed by atoms with E-state index in [1.54, 1.807) is 6.07 Å². The summed E-state index contributed by atoms with van der Waals surface area (Å²) in [5.41, 5.74) is 0.215. The first kappa shape index (κ1) is 10.1. The van der Waals surface area contributed by atoms with E-state index in [4.69, 9.17) is 16.9 Å². The number of rotatable bonds is 2. The van der Waals surface area contributed by atoms with Crippen LogP contribution in [0.4, 0.5) is 0 Å². The second-order valence-electron chi connectivity index (χ2n) is 2.08. The second kappa shape index (κ2) is 4.30. The second-order valence-corrected chi connectivity index (χ2v) is 3.28. The maximum atomic E-state index is 11.1. The van der Waals surface area contributed by atoms with Crippen LogP contribution in [0.2, 0.25) is 5.02 Å². The molecule has 0 aliphatic heterocycles. The molecule has 0 bridgehead atoms. The van der Waals surface area contributed by atoms with Gasteiger partial charge < -0.3 is 9.72 Å². The van der Waals surface area contributed by atoms with Crippen LogP contribution in [0.3, 0.4) is 0 Å². The molecule has 1 aromatic heterocycles. The molecule has 0 saturated heterocycles. The first-order chi connectivity index (χ1) is 6.15. The molecule has 1 heterocycles. The molecule has 1 rings (SSSR count). The molecule has 0 unspecified atom stereocenters. The lowest BCUT2D eigenvalue weighted by atomic mass is 10.4. The van der Waals surface area contributed by atoms with Crippen molar-refractivity contribution in [1.82, 2.24) is 4.98 Å². The van der Waals surface area contributed by atoms with Gasteiger partial charge in [-0.1, -0.05) is 11.6 Å². The maximum absolute atomic E-state index is 11.1. The summed E-state index contributed by atoms with van der Waals surface area (Å²) in [6, 6.07) is 3.11. The van der Waals surface area contributed by atoms with E-state index in [9.17, 15) is 4.79 Å². The zero-order valence-electron chi connectivity index (χ0n) is 6.30. The summed E-state index contributed by atoms with van der Waals surface area (Å²) in [7, 11) is 0. The Morgan fingerprint density at radius 2 is 2.54 bits per heavy atom. The number of H-pyrrole nitrogens is 1. The topological polar surface area (TPSA) is 65.9 Å². The Bertz CT molecular complexity index is 350. The van der Waals surface area contributed by atoms with Crippen molar-refractivity contribution >= 4 is 33.5 Å². The van der Waals surface area contributed by atoms with E-state index in [-0.39, 0.29) is 12.3 Å². The SMILES string of the molecule is N#CCOC(=O)c1cc(Cl)c(Br)[nH]1. The van der Waals surface area contributed by atoms with Crippen LogP contribution >= 0.6 is 27.5 Å². The maximum Gasteiger partial charge on any atom is 0.355 e. The Morgan fingerprint density at radius 1 is 1.85 bits per heavy atom. The van der Waals surface area contributed by atoms with Gasteiger partial charge in [0.05, 0.1) is 5.02 Å². The van der Waals surface area contributed by atoms with Crippen LogP contribution in [-0.2, 0) is 4.74 Å². The standard InChI is InChI=1S/C7H4BrClN2O2/c8-6-4(9)3-5(11-6)7(12)13-2-1-10/h3,11H,2H2. The highest BCUT2D eigenvalue weighted by molar-refractivity contribution is 9.10. The largest absolute Gasteiger partial charge is 0.446 e. The Balaban J connectivity index is 2.73. The van der Waals surface area contributed by atoms with Gasteiger partial charge in [-0.3, -0.25) is 0 Å². The van der Waals surface area contributed by atoms with Gasteiger partial charge in [0.2, 0.25) is 0 Å². The van der Waals surface area contributed by atoms with Crippen LogP contribution in [0.25, 0.3) is 0 Å². The van der Waals surface area contributed by atoms with E-state index in [1.165, 1.54) is 6.07 Å². The molecule has 0 radical (unpaired) electrons. The van der Waals surface area contributed by atoms with Crippen LogP contribution in [0.15, 0.2) is 10.7 Å². The number of aromatic nitrogens is 1. The molecule has 0 amide bonds. The third-order valence-corrected chi connectivity index (χ3v) is 2.36. The zero-order valence-corrected chi connectivity index (χ0v) is 8.65. The quantitative estimate of drug-likeness (QED) is 0.831. The first-order valence-corrected chi connectivity index (χ1v) is 4.40. The summed E-state index contributed by atoms with van der Waals surface area (Å²) in [5.74, 6) is -0.603. The summed E-state index contributed by atoms with van der Waals surface area (Å²) >= 11 is 8.75. The molecule has 0 fully saturated rings. The molecule has 0 aromatic carbocycles. The Morgan fingerprint density at radius 3 is 3.00 bits per heavy atom. The number of nitrogens with one attached hydrogen (secondary N) is 1. The van der Waals surface area contributed by atoms with Gasteiger partial charge in [-0.25, -0.2) is 4.79 Å². The highest BCUT2D eigenvalue weighted by atomic mass is 79.9. The zero-order chi connectivity index (χ0) is 9.84. The Labute approximate surface area is 87.6 Å². The third kappa shape index (κ3) is 2.47. The molecular weight excluding hydrogens is 259 g/mol. The van der Waals surface area contributed by atoms with Crippen molar-refractivity contribution in [3.8, 4) is 6.07 Å². The predicted molar refractivity (Wildman–Crippen MR) is 49.4 cm³/mol. The summed E-state index contributed by atoms with van der Waals surface area (Å²) in [4.78, 5) is 13.7. The van der Waals surface area contributed by atoms with Gasteiger partial charge in [0.25, 0.3) is 0 Å². The molecule has 1 N–H and O–H groups in total. The molecule has 0 atom stereocenters. The molecule has 0 spiro atoms. The smallest absolute Gasteiger partial charge is 0.355 e. The number of esters is 1. The van der Waals surface area contributed by atoms with Gasteiger partial charge in [-0.05, 0) is 22.0 Å². The number of hydrogen-bond acceptors (Lipinski definition) is 3. The third-order valence-electron chi connectivity index (χ3n) is 1.21. The Hall–Kier alpha value is -0.990. The fourth-order valence-electron chi connectivity index (χ4n) is 0.690. The molecular formula is C7H4BrClN2O2. The van der Waals surface area contributed by atoms with Crippen LogP contribution in [0.5, 0.6) is 0 Å². The molecule has 0 aliphatic rings. The summed E-state index contributed by atoms with van der Waals surface area (Å²) < 4.78 is 5.05. The number of aromatic amines is 1. The molecule has 4 nitrogen and oxygen atoms in total. The highest BCUT2D eigenvalue weighted by Crippen LogP contribution is 2.22. The van der Waals surface area contributed by atoms with Gasteiger partial charge in [0, 0.05) is 0 Å². The van der Waals surface area contributed by atoms with Crippen molar-refractivity contribution in [1.29, 1.82) is 5.26 Å². The number of nitriles is 1. The first-order valence-electron chi connectivity index (χ1n) is 3.23. The summed E-state index contributed by atoms with van der Waals surface area (Å²) in [5, 5.41) is 8.54. The minimum Gasteiger partial charge on any atom is -0.446 e. The number of ether oxygens (including phenoxy) is 1. The van der Waals surface area contributed by atoms with Gasteiger partial charge in [-0.15, -0.1) is 0 Å². The molecule has 6 heteroatoms. The number of carbonyl (C=O) groups excluding carboxylic acids is 1. The van der Waals surface area contributed by atoms with Gasteiger partial charge >= 0.3 is 5.97 Å². The van der Waals surface area contributed by atoms with Gasteiger partial charge in [-0.2, -0.15) is 5.26 Å². The highest BCUT2D eigenvalue weighted by Gasteiger charge is 2.11. The van der Waals surface area contributed by atoms with Crippen molar-refractivity contribution < 1.29 is 9.53 Å². The van der Waals surface area contributed by atoms with E-state index < -0.39 is 5.97 Å². The fraction of sp³-hybridized carbons (Fsp3) is 0.143. The van der Waals surface area contributed by atoms with E-state index >= 15 is 0 Å². The average molecular weight is 263 g/mol. The predicted octanol–water partition coefficient (Wildman–Crippen LogP) is 2.11. The van der Waals surface area contributed by atoms with Crippen molar-refractivity contribution in [3.63, 3.8) is 0 Å². The minimum absolute atomic E-state index is 0.215. The van der Waals surface area contributed by atoms with Crippen LogP contribution in [-0.4, -0.2) is 17.6 Å². The van der Waals surface area contributed by atoms with Gasteiger partial charge in [0.15, 0.2) is 6.61 Å². The normalized spacial score (nSPS) is 9.31. The van der Waals surface area contributed by atoms with Crippen LogP contribution < -0.4 is 0 Å². The van der Waals surface area contributed by atoms with Gasteiger partial charge in [0.1, 0.15) is 16.4 Å². The van der Waals surface area contributed by atoms with Crippen molar-refractivity contribution in [2.75, 3.05) is 6.61 Å². The number of hydrogen-bond donors (Lipinski definition) is 1. The molecule has 68 valence electrons. The number of carbonyl (C=O) groups is 1. The summed E-state index contributed by atoms with van der Waals surface area (Å²) in [6.45, 7) is -0.271. The summed E-state index contributed by atoms with van der Waals surface area (Å²) in [6.07, 6.45) is 0. The van der Waals surface area contributed by atoms with E-state index in [2.05, 4.69) is 25.7 Å².